The van der Waals surface area contributed by atoms with Gasteiger partial charge in [0.15, 0.2) is 0 Å². The van der Waals surface area contributed by atoms with Crippen LogP contribution in [0.25, 0.3) is 0 Å². The van der Waals surface area contributed by atoms with Gasteiger partial charge in [0.25, 0.3) is 0 Å². The molecule has 27 heavy (non-hydrogen) atoms. The molecule has 7 heteroatoms. The van der Waals surface area contributed by atoms with Crippen molar-refractivity contribution in [2.75, 3.05) is 31.6 Å². The second-order valence-electron chi connectivity index (χ2n) is 6.32. The molecule has 5 nitrogen and oxygen atoms in total. The number of ether oxygens (including phenoxy) is 1. The second kappa shape index (κ2) is 11.3. The van der Waals surface area contributed by atoms with Crippen LogP contribution in [0.15, 0.2) is 54.6 Å². The number of morpholine rings is 1. The number of nitrogens with zero attached hydrogens (tertiary/aromatic N) is 1. The molecule has 2 unspecified atom stereocenters. The lowest BCUT2D eigenvalue weighted by Gasteiger charge is -2.32. The lowest BCUT2D eigenvalue weighted by atomic mass is 10.1. The van der Waals surface area contributed by atoms with Crippen LogP contribution in [-0.2, 0) is 9.53 Å². The molecular weight excluding hydrogens is 385 g/mol. The van der Waals surface area contributed by atoms with Gasteiger partial charge in [-0.3, -0.25) is 9.69 Å². The highest BCUT2D eigenvalue weighted by Crippen LogP contribution is 2.23. The molecule has 0 aromatic heterocycles. The third-order valence-electron chi connectivity index (χ3n) is 4.70. The minimum absolute atomic E-state index is 0. The smallest absolute Gasteiger partial charge is 0.245 e. The molecule has 1 amide bonds. The molecule has 0 aliphatic carbocycles. The van der Waals surface area contributed by atoms with Gasteiger partial charge in [0.2, 0.25) is 5.91 Å². The van der Waals surface area contributed by atoms with Gasteiger partial charge in [-0.15, -0.1) is 24.8 Å². The van der Waals surface area contributed by atoms with Gasteiger partial charge < -0.3 is 15.8 Å². The third-order valence-corrected chi connectivity index (χ3v) is 4.70. The normalized spacial score (nSPS) is 16.4. The number of hydrogen-bond donors (Lipinski definition) is 2. The molecule has 2 aromatic carbocycles. The molecule has 2 atom stereocenters. The summed E-state index contributed by atoms with van der Waals surface area (Å²) in [7, 11) is 0. The monoisotopic (exact) mass is 411 g/mol. The van der Waals surface area contributed by atoms with Crippen LogP contribution in [-0.4, -0.2) is 37.1 Å². The Morgan fingerprint density at radius 1 is 1.00 bits per heavy atom. The quantitative estimate of drug-likeness (QED) is 0.788. The Labute approximate surface area is 173 Å². The number of carbonyl (C=O) groups excluding carboxylic acids is 1. The zero-order valence-corrected chi connectivity index (χ0v) is 17.0. The highest BCUT2D eigenvalue weighted by Gasteiger charge is 2.19. The summed E-state index contributed by atoms with van der Waals surface area (Å²) in [5, 5.41) is 2.89. The van der Waals surface area contributed by atoms with Gasteiger partial charge in [0.1, 0.15) is 6.04 Å². The van der Waals surface area contributed by atoms with E-state index in [9.17, 15) is 4.79 Å². The van der Waals surface area contributed by atoms with E-state index in [2.05, 4.69) is 29.3 Å². The van der Waals surface area contributed by atoms with E-state index in [-0.39, 0.29) is 30.7 Å². The van der Waals surface area contributed by atoms with Crippen molar-refractivity contribution < 1.29 is 9.53 Å². The van der Waals surface area contributed by atoms with Gasteiger partial charge in [-0.2, -0.15) is 0 Å². The summed E-state index contributed by atoms with van der Waals surface area (Å²) in [6.45, 7) is 5.67. The number of benzene rings is 2. The second-order valence-corrected chi connectivity index (χ2v) is 6.32. The van der Waals surface area contributed by atoms with E-state index in [0.29, 0.717) is 6.04 Å². The number of nitrogens with two attached hydrogens (primary N) is 1. The average molecular weight is 412 g/mol. The fraction of sp³-hybridized carbons (Fsp3) is 0.350. The van der Waals surface area contributed by atoms with Crippen LogP contribution in [0.2, 0.25) is 0 Å². The largest absolute Gasteiger partial charge is 0.379 e. The van der Waals surface area contributed by atoms with Gasteiger partial charge in [-0.1, -0.05) is 42.5 Å². The molecule has 1 heterocycles. The molecule has 1 fully saturated rings. The van der Waals surface area contributed by atoms with Crippen LogP contribution in [0.4, 0.5) is 5.69 Å². The Hall–Kier alpha value is -1.63. The molecule has 0 saturated carbocycles. The number of carbonyl (C=O) groups is 1. The van der Waals surface area contributed by atoms with Crippen LogP contribution >= 0.6 is 24.8 Å². The summed E-state index contributed by atoms with van der Waals surface area (Å²) < 4.78 is 5.41. The predicted octanol–water partition coefficient (Wildman–Crippen LogP) is 3.56. The standard InChI is InChI=1S/C20H25N3O2.2ClH/c1-15(23-11-13-25-14-12-23)16-7-9-18(10-8-16)22-20(24)19(21)17-5-3-2-4-6-17;;/h2-10,15,19H,11-14,21H2,1H3,(H,22,24);2*1H. The first-order chi connectivity index (χ1) is 12.1. The van der Waals surface area contributed by atoms with Crippen LogP contribution in [0.1, 0.15) is 30.1 Å². The van der Waals surface area contributed by atoms with Gasteiger partial charge in [-0.05, 0) is 30.2 Å². The number of amides is 1. The van der Waals surface area contributed by atoms with E-state index in [4.69, 9.17) is 10.5 Å². The summed E-state index contributed by atoms with van der Waals surface area (Å²) in [6.07, 6.45) is 0. The van der Waals surface area contributed by atoms with Crippen molar-refractivity contribution >= 4 is 36.4 Å². The van der Waals surface area contributed by atoms with Crippen LogP contribution in [0.5, 0.6) is 0 Å². The molecule has 2 aromatic rings. The van der Waals surface area contributed by atoms with Gasteiger partial charge >= 0.3 is 0 Å². The summed E-state index contributed by atoms with van der Waals surface area (Å²) in [6, 6.07) is 17.0. The van der Waals surface area contributed by atoms with Crippen molar-refractivity contribution in [3.8, 4) is 0 Å². The first-order valence-electron chi connectivity index (χ1n) is 8.68. The highest BCUT2D eigenvalue weighted by atomic mass is 35.5. The van der Waals surface area contributed by atoms with E-state index in [1.807, 2.05) is 42.5 Å². The zero-order chi connectivity index (χ0) is 17.6. The van der Waals surface area contributed by atoms with Crippen LogP contribution in [0.3, 0.4) is 0 Å². The van der Waals surface area contributed by atoms with Crippen LogP contribution < -0.4 is 11.1 Å². The van der Waals surface area contributed by atoms with Crippen molar-refractivity contribution in [1.29, 1.82) is 0 Å². The molecule has 3 N–H and O–H groups in total. The molecule has 0 radical (unpaired) electrons. The average Bonchev–Trinajstić information content (AvgIpc) is 2.68. The molecule has 1 aliphatic rings. The lowest BCUT2D eigenvalue weighted by molar-refractivity contribution is -0.117. The lowest BCUT2D eigenvalue weighted by Crippen LogP contribution is -2.38. The van der Waals surface area contributed by atoms with Crippen molar-refractivity contribution in [3.05, 3.63) is 65.7 Å². The first kappa shape index (κ1) is 23.4. The number of nitrogens with one attached hydrogen (secondary N) is 1. The SMILES string of the molecule is CC(c1ccc(NC(=O)C(N)c2ccccc2)cc1)N1CCOCC1.Cl.Cl. The van der Waals surface area contributed by atoms with E-state index in [1.54, 1.807) is 0 Å². The summed E-state index contributed by atoms with van der Waals surface area (Å²) in [5.74, 6) is -0.208. The van der Waals surface area contributed by atoms with Crippen molar-refractivity contribution in [1.82, 2.24) is 4.90 Å². The number of halogens is 2. The third kappa shape index (κ3) is 6.19. The van der Waals surface area contributed by atoms with Crippen molar-refractivity contribution in [3.63, 3.8) is 0 Å². The van der Waals surface area contributed by atoms with Gasteiger partial charge in [0, 0.05) is 24.8 Å². The zero-order valence-electron chi connectivity index (χ0n) is 15.3. The maximum Gasteiger partial charge on any atom is 0.245 e. The first-order valence-corrected chi connectivity index (χ1v) is 8.68. The Bertz CT molecular complexity index is 692. The van der Waals surface area contributed by atoms with Gasteiger partial charge in [-0.25, -0.2) is 0 Å². The number of hydrogen-bond acceptors (Lipinski definition) is 4. The summed E-state index contributed by atoms with van der Waals surface area (Å²) in [4.78, 5) is 14.7. The predicted molar refractivity (Wildman–Crippen MR) is 114 cm³/mol. The Kier molecular flexibility index (Phi) is 9.77. The summed E-state index contributed by atoms with van der Waals surface area (Å²) in [5.41, 5.74) is 8.82. The topological polar surface area (TPSA) is 67.6 Å². The van der Waals surface area contributed by atoms with E-state index in [0.717, 1.165) is 37.6 Å². The minimum atomic E-state index is -0.673. The fourth-order valence-corrected chi connectivity index (χ4v) is 3.05. The molecular formula is C20H27Cl2N3O2. The van der Waals surface area contributed by atoms with Crippen LogP contribution in [0, 0.1) is 0 Å². The highest BCUT2D eigenvalue weighted by molar-refractivity contribution is 5.95. The Balaban J connectivity index is 0.00000182. The maximum absolute atomic E-state index is 12.3. The maximum atomic E-state index is 12.3. The molecule has 0 spiro atoms. The fourth-order valence-electron chi connectivity index (χ4n) is 3.05. The van der Waals surface area contributed by atoms with Crippen molar-refractivity contribution in [2.24, 2.45) is 5.73 Å². The van der Waals surface area contributed by atoms with E-state index in [1.165, 1.54) is 5.56 Å². The molecule has 1 saturated heterocycles. The minimum Gasteiger partial charge on any atom is -0.379 e. The van der Waals surface area contributed by atoms with E-state index >= 15 is 0 Å². The van der Waals surface area contributed by atoms with E-state index < -0.39 is 6.04 Å². The van der Waals surface area contributed by atoms with Crippen molar-refractivity contribution in [2.45, 2.75) is 19.0 Å². The summed E-state index contributed by atoms with van der Waals surface area (Å²) >= 11 is 0. The molecule has 148 valence electrons. The number of anilines is 1. The molecule has 3 rings (SSSR count). The van der Waals surface area contributed by atoms with Gasteiger partial charge in [0.05, 0.1) is 13.2 Å². The number of rotatable bonds is 5. The Morgan fingerprint density at radius 3 is 2.19 bits per heavy atom. The molecule has 0 bridgehead atoms. The Morgan fingerprint density at radius 2 is 1.59 bits per heavy atom. The molecule has 1 aliphatic heterocycles.